The summed E-state index contributed by atoms with van der Waals surface area (Å²) in [7, 11) is 0. The molecule has 0 bridgehead atoms. The Bertz CT molecular complexity index is 1190. The van der Waals surface area contributed by atoms with Crippen molar-refractivity contribution in [2.75, 3.05) is 0 Å². The zero-order chi connectivity index (χ0) is 29.8. The van der Waals surface area contributed by atoms with Gasteiger partial charge in [0.15, 0.2) is 0 Å². The molecule has 1 fully saturated rings. The molecule has 0 amide bonds. The molecule has 2 aliphatic carbocycles. The van der Waals surface area contributed by atoms with Crippen LogP contribution in [0, 0.1) is 34.5 Å². The number of hydrogen-bond acceptors (Lipinski definition) is 0. The molecule has 0 saturated heterocycles. The Kier molecular flexibility index (Phi) is 13.3. The average molecular weight is 537 g/mol. The maximum Gasteiger partial charge on any atom is 0.0361 e. The first-order chi connectivity index (χ1) is 18.8. The largest absolute Gasteiger partial charge is 0.0909 e. The van der Waals surface area contributed by atoms with Crippen LogP contribution in [0.2, 0.25) is 0 Å². The Balaban J connectivity index is 1.87. The van der Waals surface area contributed by atoms with Crippen molar-refractivity contribution in [1.29, 1.82) is 0 Å². The molecule has 0 aliphatic heterocycles. The fraction of sp³-hybridized carbons (Fsp3) is 0.500. The molecule has 0 aromatic rings. The molecule has 0 heterocycles. The lowest BCUT2D eigenvalue weighted by atomic mass is 9.68. The lowest BCUT2D eigenvalue weighted by molar-refractivity contribution is 0.290. The maximum atomic E-state index is 3.52. The SMILES string of the molecule is CC1=C(C#CC(C)/C=C/C=C(C)/C=C/C=C/C(C)=C/C=C/C(C)=C/C=C2\C(C)CCCC2(C)C)C(C)(C)CCC1. The van der Waals surface area contributed by atoms with E-state index in [0.29, 0.717) is 11.3 Å². The number of allylic oxidation sites excluding steroid dienone is 18. The van der Waals surface area contributed by atoms with E-state index < -0.39 is 0 Å². The minimum absolute atomic E-state index is 0.218. The first-order valence-corrected chi connectivity index (χ1v) is 15.5. The molecule has 0 heteroatoms. The summed E-state index contributed by atoms with van der Waals surface area (Å²) in [5, 5.41) is 0. The van der Waals surface area contributed by atoms with Crippen LogP contribution in [0.4, 0.5) is 0 Å². The molecular formula is C40H56. The van der Waals surface area contributed by atoms with Gasteiger partial charge in [0.25, 0.3) is 0 Å². The molecule has 0 aromatic heterocycles. The van der Waals surface area contributed by atoms with Gasteiger partial charge in [-0.3, -0.25) is 0 Å². The zero-order valence-electron chi connectivity index (χ0n) is 27.3. The van der Waals surface area contributed by atoms with Crippen LogP contribution in [0.15, 0.2) is 106 Å². The summed E-state index contributed by atoms with van der Waals surface area (Å²) in [6.07, 6.45) is 33.8. The van der Waals surface area contributed by atoms with Crippen molar-refractivity contribution in [3.05, 3.63) is 106 Å². The fourth-order valence-electron chi connectivity index (χ4n) is 5.87. The summed E-state index contributed by atoms with van der Waals surface area (Å²) < 4.78 is 0. The normalized spacial score (nSPS) is 24.5. The summed E-state index contributed by atoms with van der Waals surface area (Å²) >= 11 is 0. The van der Waals surface area contributed by atoms with E-state index in [4.69, 9.17) is 0 Å². The van der Waals surface area contributed by atoms with Gasteiger partial charge in [-0.05, 0) is 83.5 Å². The van der Waals surface area contributed by atoms with Crippen LogP contribution in [0.5, 0.6) is 0 Å². The average Bonchev–Trinajstić information content (AvgIpc) is 2.85. The van der Waals surface area contributed by atoms with Gasteiger partial charge < -0.3 is 0 Å². The highest BCUT2D eigenvalue weighted by molar-refractivity contribution is 5.40. The molecule has 2 rings (SSSR count). The Hall–Kier alpha value is -2.78. The van der Waals surface area contributed by atoms with Crippen LogP contribution in [0.3, 0.4) is 0 Å². The van der Waals surface area contributed by atoms with Gasteiger partial charge in [0.05, 0.1) is 0 Å². The quantitative estimate of drug-likeness (QED) is 0.214. The molecule has 2 aliphatic rings. The van der Waals surface area contributed by atoms with Crippen molar-refractivity contribution in [2.24, 2.45) is 22.7 Å². The van der Waals surface area contributed by atoms with Crippen molar-refractivity contribution in [2.45, 2.75) is 108 Å². The zero-order valence-corrected chi connectivity index (χ0v) is 27.3. The Morgan fingerprint density at radius 3 is 2.00 bits per heavy atom. The Morgan fingerprint density at radius 2 is 1.38 bits per heavy atom. The lowest BCUT2D eigenvalue weighted by Gasteiger charge is -2.37. The molecule has 2 atom stereocenters. The molecule has 216 valence electrons. The van der Waals surface area contributed by atoms with Crippen molar-refractivity contribution in [1.82, 2.24) is 0 Å². The van der Waals surface area contributed by atoms with Crippen LogP contribution >= 0.6 is 0 Å². The maximum absolute atomic E-state index is 3.52. The van der Waals surface area contributed by atoms with E-state index in [-0.39, 0.29) is 11.3 Å². The van der Waals surface area contributed by atoms with Crippen LogP contribution in [0.25, 0.3) is 0 Å². The van der Waals surface area contributed by atoms with Gasteiger partial charge in [-0.1, -0.05) is 154 Å². The van der Waals surface area contributed by atoms with Crippen LogP contribution in [0.1, 0.15) is 108 Å². The Morgan fingerprint density at radius 1 is 0.800 bits per heavy atom. The van der Waals surface area contributed by atoms with Gasteiger partial charge in [-0.15, -0.1) is 0 Å². The predicted molar refractivity (Wildman–Crippen MR) is 180 cm³/mol. The summed E-state index contributed by atoms with van der Waals surface area (Å²) in [5.74, 6) is 7.90. The smallest absolute Gasteiger partial charge is 0.0361 e. The molecule has 2 unspecified atom stereocenters. The third kappa shape index (κ3) is 11.4. The standard InChI is InChI=1S/C40H56/c1-31(19-13-21-33(3)25-27-37-35(5)23-15-29-39(37,7)8)17-11-12-18-32(2)20-14-22-34(4)26-28-38-36(6)24-16-30-40(38,9)10/h11-14,17-22,25,27,34-35H,15-16,23-24,29-30H2,1-10H3/b17-11+,18-12+,21-13+,22-14+,31-19+,32-20+,33-25+,37-27+. The predicted octanol–water partition coefficient (Wildman–Crippen LogP) is 12.0. The van der Waals surface area contributed by atoms with Crippen molar-refractivity contribution < 1.29 is 0 Å². The van der Waals surface area contributed by atoms with Gasteiger partial charge in [0.2, 0.25) is 0 Å². The highest BCUT2D eigenvalue weighted by Crippen LogP contribution is 2.43. The van der Waals surface area contributed by atoms with Gasteiger partial charge in [-0.2, -0.15) is 0 Å². The minimum atomic E-state index is 0.218. The second-order valence-electron chi connectivity index (χ2n) is 13.4. The third-order valence-electron chi connectivity index (χ3n) is 8.47. The topological polar surface area (TPSA) is 0 Å². The van der Waals surface area contributed by atoms with Crippen LogP contribution < -0.4 is 0 Å². The molecular weight excluding hydrogens is 480 g/mol. The van der Waals surface area contributed by atoms with Crippen molar-refractivity contribution >= 4 is 0 Å². The first kappa shape index (κ1) is 33.4. The van der Waals surface area contributed by atoms with Crippen molar-refractivity contribution in [3.8, 4) is 11.8 Å². The molecule has 0 radical (unpaired) electrons. The van der Waals surface area contributed by atoms with Gasteiger partial charge in [0, 0.05) is 11.5 Å². The fourth-order valence-corrected chi connectivity index (χ4v) is 5.87. The van der Waals surface area contributed by atoms with E-state index >= 15 is 0 Å². The van der Waals surface area contributed by atoms with Crippen LogP contribution in [-0.2, 0) is 0 Å². The highest BCUT2D eigenvalue weighted by Gasteiger charge is 2.30. The minimum Gasteiger partial charge on any atom is -0.0909 e. The highest BCUT2D eigenvalue weighted by atomic mass is 14.4. The van der Waals surface area contributed by atoms with E-state index in [1.807, 2.05) is 0 Å². The Labute approximate surface area is 248 Å². The van der Waals surface area contributed by atoms with Crippen LogP contribution in [-0.4, -0.2) is 0 Å². The van der Waals surface area contributed by atoms with E-state index in [1.54, 1.807) is 5.57 Å². The molecule has 40 heavy (non-hydrogen) atoms. The van der Waals surface area contributed by atoms with Crippen molar-refractivity contribution in [3.63, 3.8) is 0 Å². The van der Waals surface area contributed by atoms with Gasteiger partial charge in [0.1, 0.15) is 0 Å². The number of rotatable bonds is 8. The molecule has 0 spiro atoms. The van der Waals surface area contributed by atoms with Gasteiger partial charge >= 0.3 is 0 Å². The summed E-state index contributed by atoms with van der Waals surface area (Å²) in [5.41, 5.74) is 8.72. The van der Waals surface area contributed by atoms with Gasteiger partial charge in [-0.25, -0.2) is 0 Å². The monoisotopic (exact) mass is 536 g/mol. The molecule has 0 nitrogen and oxygen atoms in total. The van der Waals surface area contributed by atoms with E-state index in [2.05, 4.69) is 154 Å². The summed E-state index contributed by atoms with van der Waals surface area (Å²) in [6, 6.07) is 0. The molecule has 1 saturated carbocycles. The van der Waals surface area contributed by atoms with E-state index in [0.717, 1.165) is 0 Å². The lowest BCUT2D eigenvalue weighted by Crippen LogP contribution is -2.24. The first-order valence-electron chi connectivity index (χ1n) is 15.5. The second kappa shape index (κ2) is 15.9. The number of hydrogen-bond donors (Lipinski definition) is 0. The second-order valence-corrected chi connectivity index (χ2v) is 13.4. The summed E-state index contributed by atoms with van der Waals surface area (Å²) in [4.78, 5) is 0. The van der Waals surface area contributed by atoms with E-state index in [1.165, 1.54) is 66.4 Å². The third-order valence-corrected chi connectivity index (χ3v) is 8.47. The molecule has 0 aromatic carbocycles. The molecule has 0 N–H and O–H groups in total. The van der Waals surface area contributed by atoms with E-state index in [9.17, 15) is 0 Å². The summed E-state index contributed by atoms with van der Waals surface area (Å²) in [6.45, 7) is 22.7.